The number of anilines is 2. The molecule has 2 aromatic carbocycles. The predicted molar refractivity (Wildman–Crippen MR) is 112 cm³/mol. The van der Waals surface area contributed by atoms with E-state index in [4.69, 9.17) is 9.47 Å². The smallest absolute Gasteiger partial charge is 0.262 e. The molecule has 1 aliphatic rings. The first kappa shape index (κ1) is 20.3. The fraction of sp³-hybridized carbons (Fsp3) is 0.429. The number of nitrogens with zero attached hydrogens (tertiary/aromatic N) is 1. The molecular weight excluding hydrogens is 376 g/mol. The Labute approximate surface area is 167 Å². The van der Waals surface area contributed by atoms with Crippen LogP contribution in [0.2, 0.25) is 0 Å². The number of ether oxygens (including phenoxy) is 2. The summed E-state index contributed by atoms with van der Waals surface area (Å²) >= 11 is 0. The molecule has 1 N–H and O–H groups in total. The second-order valence-corrected chi connectivity index (χ2v) is 8.33. The van der Waals surface area contributed by atoms with Gasteiger partial charge >= 0.3 is 0 Å². The molecule has 1 saturated heterocycles. The number of nitrogens with one attached hydrogen (secondary N) is 1. The topological polar surface area (TPSA) is 67.9 Å². The molecule has 0 unspecified atom stereocenters. The molecule has 0 bridgehead atoms. The summed E-state index contributed by atoms with van der Waals surface area (Å²) in [5, 5.41) is 0. The van der Waals surface area contributed by atoms with E-state index in [9.17, 15) is 8.42 Å². The Hall–Kier alpha value is -2.41. The Morgan fingerprint density at radius 3 is 2.32 bits per heavy atom. The van der Waals surface area contributed by atoms with Crippen molar-refractivity contribution in [3.8, 4) is 11.5 Å². The minimum atomic E-state index is -3.76. The van der Waals surface area contributed by atoms with Crippen molar-refractivity contribution in [1.82, 2.24) is 0 Å². The highest BCUT2D eigenvalue weighted by molar-refractivity contribution is 7.92. The van der Waals surface area contributed by atoms with Crippen molar-refractivity contribution in [1.29, 1.82) is 0 Å². The van der Waals surface area contributed by atoms with E-state index in [0.717, 1.165) is 31.6 Å². The highest BCUT2D eigenvalue weighted by Crippen LogP contribution is 2.33. The second kappa shape index (κ2) is 9.19. The molecule has 1 aliphatic heterocycles. The van der Waals surface area contributed by atoms with Gasteiger partial charge in [0.1, 0.15) is 0 Å². The molecule has 0 atom stereocenters. The van der Waals surface area contributed by atoms with Crippen LogP contribution in [-0.2, 0) is 10.0 Å². The largest absolute Gasteiger partial charge is 0.490 e. The van der Waals surface area contributed by atoms with E-state index in [1.54, 1.807) is 18.2 Å². The SMILES string of the molecule is CCOc1ccc(S(=O)(=O)Nc2ccccc2N2CCCCC2)cc1OCC. The summed E-state index contributed by atoms with van der Waals surface area (Å²) in [7, 11) is -3.76. The van der Waals surface area contributed by atoms with Gasteiger partial charge in [-0.3, -0.25) is 4.72 Å². The van der Waals surface area contributed by atoms with Crippen LogP contribution < -0.4 is 19.1 Å². The number of para-hydroxylation sites is 2. The van der Waals surface area contributed by atoms with Crippen LogP contribution in [0.4, 0.5) is 11.4 Å². The minimum absolute atomic E-state index is 0.146. The molecule has 1 fully saturated rings. The Morgan fingerprint density at radius 2 is 1.61 bits per heavy atom. The van der Waals surface area contributed by atoms with E-state index >= 15 is 0 Å². The molecule has 6 nitrogen and oxygen atoms in total. The van der Waals surface area contributed by atoms with Gasteiger partial charge in [0.15, 0.2) is 11.5 Å². The molecule has 0 saturated carbocycles. The van der Waals surface area contributed by atoms with Gasteiger partial charge in [-0.05, 0) is 57.4 Å². The molecule has 0 spiro atoms. The van der Waals surface area contributed by atoms with E-state index in [1.807, 2.05) is 32.0 Å². The Bertz CT molecular complexity index is 893. The average molecular weight is 405 g/mol. The maximum atomic E-state index is 13.0. The third-order valence-electron chi connectivity index (χ3n) is 4.67. The van der Waals surface area contributed by atoms with Crippen LogP contribution in [0.5, 0.6) is 11.5 Å². The van der Waals surface area contributed by atoms with Gasteiger partial charge in [0.25, 0.3) is 10.0 Å². The van der Waals surface area contributed by atoms with Crippen molar-refractivity contribution in [2.75, 3.05) is 35.9 Å². The molecule has 2 aromatic rings. The maximum Gasteiger partial charge on any atom is 0.262 e. The first-order valence-corrected chi connectivity index (χ1v) is 11.3. The number of benzene rings is 2. The average Bonchev–Trinajstić information content (AvgIpc) is 2.70. The van der Waals surface area contributed by atoms with Gasteiger partial charge in [-0.25, -0.2) is 8.42 Å². The fourth-order valence-corrected chi connectivity index (χ4v) is 4.46. The zero-order valence-corrected chi connectivity index (χ0v) is 17.3. The maximum absolute atomic E-state index is 13.0. The lowest BCUT2D eigenvalue weighted by molar-refractivity contribution is 0.287. The highest BCUT2D eigenvalue weighted by atomic mass is 32.2. The van der Waals surface area contributed by atoms with Crippen molar-refractivity contribution in [2.24, 2.45) is 0 Å². The fourth-order valence-electron chi connectivity index (χ4n) is 3.37. The Kier molecular flexibility index (Phi) is 6.67. The molecule has 152 valence electrons. The molecule has 0 aliphatic carbocycles. The summed E-state index contributed by atoms with van der Waals surface area (Å²) in [4.78, 5) is 2.39. The van der Waals surface area contributed by atoms with Crippen molar-refractivity contribution in [3.05, 3.63) is 42.5 Å². The molecule has 0 radical (unpaired) electrons. The van der Waals surface area contributed by atoms with Gasteiger partial charge in [-0.1, -0.05) is 12.1 Å². The molecule has 7 heteroatoms. The zero-order valence-electron chi connectivity index (χ0n) is 16.5. The summed E-state index contributed by atoms with van der Waals surface area (Å²) in [5.41, 5.74) is 1.51. The van der Waals surface area contributed by atoms with E-state index < -0.39 is 10.0 Å². The molecule has 0 amide bonds. The van der Waals surface area contributed by atoms with Crippen LogP contribution >= 0.6 is 0 Å². The van der Waals surface area contributed by atoms with Crippen molar-refractivity contribution >= 4 is 21.4 Å². The normalized spacial score (nSPS) is 14.6. The molecule has 3 rings (SSSR count). The quantitative estimate of drug-likeness (QED) is 0.711. The van der Waals surface area contributed by atoms with Gasteiger partial charge in [0.2, 0.25) is 0 Å². The van der Waals surface area contributed by atoms with Gasteiger partial charge in [0, 0.05) is 19.2 Å². The third kappa shape index (κ3) is 4.70. The molecular formula is C21H28N2O4S. The number of piperidine rings is 1. The molecule has 0 aromatic heterocycles. The summed E-state index contributed by atoms with van der Waals surface area (Å²) in [6, 6.07) is 12.2. The number of sulfonamides is 1. The predicted octanol–water partition coefficient (Wildman–Crippen LogP) is 4.28. The van der Waals surface area contributed by atoms with Crippen LogP contribution in [0.25, 0.3) is 0 Å². The summed E-state index contributed by atoms with van der Waals surface area (Å²) < 4.78 is 39.9. The first-order valence-electron chi connectivity index (χ1n) is 9.81. The van der Waals surface area contributed by atoms with E-state index in [1.165, 1.54) is 12.5 Å². The standard InChI is InChI=1S/C21H28N2O4S/c1-3-26-20-13-12-17(16-21(20)27-4-2)28(24,25)22-18-10-6-7-11-19(18)23-14-8-5-9-15-23/h6-7,10-13,16,22H,3-5,8-9,14-15H2,1-2H3. The molecule has 1 heterocycles. The van der Waals surface area contributed by atoms with Gasteiger partial charge in [-0.2, -0.15) is 0 Å². The third-order valence-corrected chi connectivity index (χ3v) is 6.03. The van der Waals surface area contributed by atoms with Crippen molar-refractivity contribution in [3.63, 3.8) is 0 Å². The number of rotatable bonds is 8. The summed E-state index contributed by atoms with van der Waals surface area (Å²) in [6.07, 6.45) is 3.46. The summed E-state index contributed by atoms with van der Waals surface area (Å²) in [5.74, 6) is 0.966. The van der Waals surface area contributed by atoms with Crippen LogP contribution in [-0.4, -0.2) is 34.7 Å². The van der Waals surface area contributed by atoms with Crippen LogP contribution in [0.1, 0.15) is 33.1 Å². The lowest BCUT2D eigenvalue weighted by Gasteiger charge is -2.30. The lowest BCUT2D eigenvalue weighted by Crippen LogP contribution is -2.30. The summed E-state index contributed by atoms with van der Waals surface area (Å²) in [6.45, 7) is 6.51. The monoisotopic (exact) mass is 404 g/mol. The van der Waals surface area contributed by atoms with Gasteiger partial charge in [0.05, 0.1) is 29.5 Å². The van der Waals surface area contributed by atoms with Crippen LogP contribution in [0, 0.1) is 0 Å². The Balaban J connectivity index is 1.89. The van der Waals surface area contributed by atoms with Crippen LogP contribution in [0.15, 0.2) is 47.4 Å². The van der Waals surface area contributed by atoms with Crippen molar-refractivity contribution < 1.29 is 17.9 Å². The molecule has 28 heavy (non-hydrogen) atoms. The van der Waals surface area contributed by atoms with Gasteiger partial charge < -0.3 is 14.4 Å². The van der Waals surface area contributed by atoms with E-state index in [0.29, 0.717) is 30.4 Å². The second-order valence-electron chi connectivity index (χ2n) is 6.64. The highest BCUT2D eigenvalue weighted by Gasteiger charge is 2.21. The van der Waals surface area contributed by atoms with Crippen molar-refractivity contribution in [2.45, 2.75) is 38.0 Å². The number of hydrogen-bond acceptors (Lipinski definition) is 5. The minimum Gasteiger partial charge on any atom is -0.490 e. The van der Waals surface area contributed by atoms with E-state index in [-0.39, 0.29) is 4.90 Å². The first-order chi connectivity index (χ1) is 13.5. The number of hydrogen-bond donors (Lipinski definition) is 1. The van der Waals surface area contributed by atoms with E-state index in [2.05, 4.69) is 9.62 Å². The van der Waals surface area contributed by atoms with Gasteiger partial charge in [-0.15, -0.1) is 0 Å². The lowest BCUT2D eigenvalue weighted by atomic mass is 10.1. The Morgan fingerprint density at radius 1 is 0.929 bits per heavy atom. The van der Waals surface area contributed by atoms with Crippen LogP contribution in [0.3, 0.4) is 0 Å². The zero-order chi connectivity index (χ0) is 20.0.